The van der Waals surface area contributed by atoms with Crippen LogP contribution in [0.15, 0.2) is 0 Å². The van der Waals surface area contributed by atoms with Crippen LogP contribution >= 0.6 is 0 Å². The van der Waals surface area contributed by atoms with Gasteiger partial charge in [0.25, 0.3) is 0 Å². The van der Waals surface area contributed by atoms with E-state index in [9.17, 15) is 14.4 Å². The van der Waals surface area contributed by atoms with Gasteiger partial charge in [-0.25, -0.2) is 4.79 Å². The fourth-order valence-electron chi connectivity index (χ4n) is 2.01. The Morgan fingerprint density at radius 3 is 2.16 bits per heavy atom. The van der Waals surface area contributed by atoms with Crippen LogP contribution in [-0.2, 0) is 9.59 Å². The van der Waals surface area contributed by atoms with Gasteiger partial charge in [-0.2, -0.15) is 0 Å². The first-order valence-electron chi connectivity index (χ1n) is 6.99. The summed E-state index contributed by atoms with van der Waals surface area (Å²) in [5.74, 6) is -0.645. The molecular weight excluding hydrogens is 244 g/mol. The Balaban J connectivity index is 2.69. The molecule has 0 aromatic rings. The van der Waals surface area contributed by atoms with Crippen molar-refractivity contribution in [2.45, 2.75) is 47.0 Å². The van der Waals surface area contributed by atoms with Crippen molar-refractivity contribution in [2.75, 3.05) is 6.54 Å². The van der Waals surface area contributed by atoms with E-state index in [0.29, 0.717) is 24.8 Å². The minimum atomic E-state index is -0.702. The predicted octanol–water partition coefficient (Wildman–Crippen LogP) is 2.16. The number of amides is 4. The third kappa shape index (κ3) is 4.33. The molecule has 19 heavy (non-hydrogen) atoms. The first-order valence-corrected chi connectivity index (χ1v) is 6.99. The maximum atomic E-state index is 12.2. The van der Waals surface area contributed by atoms with Crippen LogP contribution in [0.25, 0.3) is 0 Å². The van der Waals surface area contributed by atoms with Crippen LogP contribution in [0.3, 0.4) is 0 Å². The van der Waals surface area contributed by atoms with E-state index in [-0.39, 0.29) is 5.91 Å². The van der Waals surface area contributed by atoms with Crippen molar-refractivity contribution in [3.63, 3.8) is 0 Å². The molecule has 1 unspecified atom stereocenters. The molecule has 0 spiro atoms. The van der Waals surface area contributed by atoms with Crippen molar-refractivity contribution in [3.8, 4) is 0 Å². The molecule has 1 N–H and O–H groups in total. The Hall–Kier alpha value is -1.39. The number of imide groups is 2. The van der Waals surface area contributed by atoms with E-state index in [2.05, 4.69) is 5.32 Å². The van der Waals surface area contributed by atoms with Gasteiger partial charge in [0.15, 0.2) is 0 Å². The van der Waals surface area contributed by atoms with Gasteiger partial charge in [-0.1, -0.05) is 27.7 Å². The minimum Gasteiger partial charge on any atom is -0.277 e. The fourth-order valence-corrected chi connectivity index (χ4v) is 2.01. The van der Waals surface area contributed by atoms with E-state index in [1.807, 2.05) is 27.7 Å². The highest BCUT2D eigenvalue weighted by molar-refractivity contribution is 6.16. The quantitative estimate of drug-likeness (QED) is 0.751. The van der Waals surface area contributed by atoms with Gasteiger partial charge in [0.1, 0.15) is 5.92 Å². The lowest BCUT2D eigenvalue weighted by Crippen LogP contribution is -2.58. The van der Waals surface area contributed by atoms with E-state index in [0.717, 1.165) is 12.8 Å². The Bertz CT molecular complexity index is 332. The van der Waals surface area contributed by atoms with Crippen LogP contribution < -0.4 is 5.32 Å². The number of rotatable bonds is 6. The molecular formula is C14H24N2O3. The van der Waals surface area contributed by atoms with Crippen molar-refractivity contribution < 1.29 is 14.4 Å². The molecule has 0 bridgehead atoms. The molecule has 1 fully saturated rings. The topological polar surface area (TPSA) is 66.5 Å². The highest BCUT2D eigenvalue weighted by Crippen LogP contribution is 2.19. The van der Waals surface area contributed by atoms with E-state index in [1.165, 1.54) is 4.90 Å². The summed E-state index contributed by atoms with van der Waals surface area (Å²) in [7, 11) is 0. The van der Waals surface area contributed by atoms with Crippen LogP contribution in [0.4, 0.5) is 4.79 Å². The lowest BCUT2D eigenvalue weighted by Gasteiger charge is -2.30. The molecule has 1 aliphatic rings. The third-order valence-corrected chi connectivity index (χ3v) is 3.32. The van der Waals surface area contributed by atoms with Gasteiger partial charge in [-0.05, 0) is 31.1 Å². The molecule has 0 saturated carbocycles. The summed E-state index contributed by atoms with van der Waals surface area (Å²) in [5.41, 5.74) is 0. The number of barbiturate groups is 1. The van der Waals surface area contributed by atoms with Gasteiger partial charge in [0.05, 0.1) is 0 Å². The first-order chi connectivity index (χ1) is 8.82. The minimum absolute atomic E-state index is 0.338. The normalized spacial score (nSPS) is 20.4. The van der Waals surface area contributed by atoms with E-state index in [1.54, 1.807) is 0 Å². The molecule has 1 aliphatic heterocycles. The molecule has 1 heterocycles. The largest absolute Gasteiger partial charge is 0.330 e. The zero-order valence-corrected chi connectivity index (χ0v) is 12.2. The summed E-state index contributed by atoms with van der Waals surface area (Å²) in [6.07, 6.45) is 2.06. The Morgan fingerprint density at radius 2 is 1.63 bits per heavy atom. The maximum absolute atomic E-state index is 12.2. The summed E-state index contributed by atoms with van der Waals surface area (Å²) >= 11 is 0. The van der Waals surface area contributed by atoms with Crippen LogP contribution in [0.2, 0.25) is 0 Å². The second-order valence-electron chi connectivity index (χ2n) is 5.99. The summed E-state index contributed by atoms with van der Waals surface area (Å²) in [5, 5.41) is 2.28. The molecule has 5 heteroatoms. The molecule has 0 aromatic carbocycles. The molecule has 0 aromatic heterocycles. The van der Waals surface area contributed by atoms with Gasteiger partial charge in [-0.3, -0.25) is 19.8 Å². The summed E-state index contributed by atoms with van der Waals surface area (Å²) in [6.45, 7) is 8.55. The number of carbonyl (C=O) groups excluding carboxylic acids is 3. The van der Waals surface area contributed by atoms with Crippen LogP contribution in [0.5, 0.6) is 0 Å². The standard InChI is InChI=1S/C14H24N2O3/c1-9(2)5-6-11-12(17)15-14(19)16(13(11)18)8-7-10(3)4/h9-11H,5-8H2,1-4H3,(H,15,17,19). The van der Waals surface area contributed by atoms with Crippen molar-refractivity contribution in [2.24, 2.45) is 17.8 Å². The fraction of sp³-hybridized carbons (Fsp3) is 0.786. The second-order valence-corrected chi connectivity index (χ2v) is 5.99. The second kappa shape index (κ2) is 6.68. The predicted molar refractivity (Wildman–Crippen MR) is 72.3 cm³/mol. The lowest BCUT2D eigenvalue weighted by atomic mass is 9.94. The van der Waals surface area contributed by atoms with Gasteiger partial charge in [0.2, 0.25) is 11.8 Å². The SMILES string of the molecule is CC(C)CCC1C(=O)NC(=O)N(CCC(C)C)C1=O. The smallest absolute Gasteiger partial charge is 0.277 e. The Kier molecular flexibility index (Phi) is 5.51. The Morgan fingerprint density at radius 1 is 1.05 bits per heavy atom. The van der Waals surface area contributed by atoms with Gasteiger partial charge in [0, 0.05) is 6.54 Å². The maximum Gasteiger partial charge on any atom is 0.330 e. The van der Waals surface area contributed by atoms with Crippen LogP contribution in [-0.4, -0.2) is 29.3 Å². The van der Waals surface area contributed by atoms with Crippen molar-refractivity contribution >= 4 is 17.8 Å². The molecule has 0 aliphatic carbocycles. The van der Waals surface area contributed by atoms with Crippen molar-refractivity contribution in [1.29, 1.82) is 0 Å². The molecule has 108 valence electrons. The number of nitrogens with zero attached hydrogens (tertiary/aromatic N) is 1. The number of hydrogen-bond acceptors (Lipinski definition) is 3. The monoisotopic (exact) mass is 268 g/mol. The average Bonchev–Trinajstić information content (AvgIpc) is 2.27. The number of urea groups is 1. The average molecular weight is 268 g/mol. The summed E-state index contributed by atoms with van der Waals surface area (Å²) < 4.78 is 0. The zero-order chi connectivity index (χ0) is 14.6. The Labute approximate surface area is 114 Å². The van der Waals surface area contributed by atoms with Crippen molar-refractivity contribution in [1.82, 2.24) is 10.2 Å². The molecule has 0 radical (unpaired) electrons. The molecule has 1 saturated heterocycles. The summed E-state index contributed by atoms with van der Waals surface area (Å²) in [4.78, 5) is 36.8. The van der Waals surface area contributed by atoms with Gasteiger partial charge < -0.3 is 0 Å². The first kappa shape index (κ1) is 15.7. The molecule has 4 amide bonds. The number of hydrogen-bond donors (Lipinski definition) is 1. The van der Waals surface area contributed by atoms with Crippen LogP contribution in [0, 0.1) is 17.8 Å². The lowest BCUT2D eigenvalue weighted by molar-refractivity contribution is -0.143. The van der Waals surface area contributed by atoms with Gasteiger partial charge in [-0.15, -0.1) is 0 Å². The van der Waals surface area contributed by atoms with Crippen LogP contribution in [0.1, 0.15) is 47.0 Å². The highest BCUT2D eigenvalue weighted by Gasteiger charge is 2.39. The van der Waals surface area contributed by atoms with E-state index < -0.39 is 17.9 Å². The number of carbonyl (C=O) groups is 3. The van der Waals surface area contributed by atoms with E-state index in [4.69, 9.17) is 0 Å². The highest BCUT2D eigenvalue weighted by atomic mass is 16.2. The molecule has 5 nitrogen and oxygen atoms in total. The summed E-state index contributed by atoms with van der Waals surface area (Å²) in [6, 6.07) is -0.573. The van der Waals surface area contributed by atoms with Crippen molar-refractivity contribution in [3.05, 3.63) is 0 Å². The zero-order valence-electron chi connectivity index (χ0n) is 12.2. The van der Waals surface area contributed by atoms with E-state index >= 15 is 0 Å². The number of nitrogens with one attached hydrogen (secondary N) is 1. The van der Waals surface area contributed by atoms with Gasteiger partial charge >= 0.3 is 6.03 Å². The molecule has 1 rings (SSSR count). The third-order valence-electron chi connectivity index (χ3n) is 3.32. The molecule has 1 atom stereocenters.